The predicted molar refractivity (Wildman–Crippen MR) is 45.6 cm³/mol. The molecule has 0 aromatic rings. The van der Waals surface area contributed by atoms with Gasteiger partial charge >= 0.3 is 0 Å². The quantitative estimate of drug-likeness (QED) is 0.367. The number of allylic oxidation sites excluding steroid dienone is 4. The third kappa shape index (κ3) is 4.34. The van der Waals surface area contributed by atoms with E-state index in [4.69, 9.17) is 6.42 Å². The van der Waals surface area contributed by atoms with E-state index in [1.165, 1.54) is 19.1 Å². The van der Waals surface area contributed by atoms with Crippen molar-refractivity contribution in [2.24, 2.45) is 0 Å². The molecular formula is C8H8BrF. The van der Waals surface area contributed by atoms with Crippen molar-refractivity contribution in [2.45, 2.75) is 6.92 Å². The summed E-state index contributed by atoms with van der Waals surface area (Å²) in [5, 5.41) is 0.582. The van der Waals surface area contributed by atoms with Gasteiger partial charge in [-0.2, -0.15) is 0 Å². The topological polar surface area (TPSA) is 0 Å². The van der Waals surface area contributed by atoms with Crippen LogP contribution < -0.4 is 0 Å². The lowest BCUT2D eigenvalue weighted by Crippen LogP contribution is -1.78. The van der Waals surface area contributed by atoms with Crippen LogP contribution in [-0.4, -0.2) is 5.33 Å². The Morgan fingerprint density at radius 3 is 2.70 bits per heavy atom. The second-order valence-corrected chi connectivity index (χ2v) is 2.31. The summed E-state index contributed by atoms with van der Waals surface area (Å²) in [6.07, 6.45) is 7.90. The monoisotopic (exact) mass is 202 g/mol. The summed E-state index contributed by atoms with van der Waals surface area (Å²) in [6.45, 7) is 1.38. The van der Waals surface area contributed by atoms with Crippen molar-refractivity contribution in [3.05, 3.63) is 23.6 Å². The third-order valence-corrected chi connectivity index (χ3v) is 1.45. The molecule has 0 unspecified atom stereocenters. The maximum atomic E-state index is 12.2. The van der Waals surface area contributed by atoms with Crippen molar-refractivity contribution in [3.63, 3.8) is 0 Å². The van der Waals surface area contributed by atoms with Crippen LogP contribution in [0, 0.1) is 12.3 Å². The van der Waals surface area contributed by atoms with Gasteiger partial charge in [0, 0.05) is 5.33 Å². The molecule has 0 aliphatic rings. The second-order valence-electron chi connectivity index (χ2n) is 1.75. The van der Waals surface area contributed by atoms with Gasteiger partial charge in [0.25, 0.3) is 0 Å². The molecule has 0 amide bonds. The Hall–Kier alpha value is -0.550. The maximum Gasteiger partial charge on any atom is 0.0971 e. The molecule has 0 heterocycles. The molecular weight excluding hydrogens is 195 g/mol. The van der Waals surface area contributed by atoms with Gasteiger partial charge in [-0.25, -0.2) is 4.39 Å². The highest BCUT2D eigenvalue weighted by molar-refractivity contribution is 9.09. The van der Waals surface area contributed by atoms with Gasteiger partial charge in [-0.1, -0.05) is 21.9 Å². The molecule has 0 rings (SSSR count). The minimum absolute atomic E-state index is 0.235. The van der Waals surface area contributed by atoms with E-state index in [0.29, 0.717) is 5.33 Å². The van der Waals surface area contributed by atoms with Crippen molar-refractivity contribution >= 4 is 15.9 Å². The Morgan fingerprint density at radius 2 is 2.40 bits per heavy atom. The smallest absolute Gasteiger partial charge is 0.0971 e. The van der Waals surface area contributed by atoms with Gasteiger partial charge in [-0.15, -0.1) is 6.42 Å². The molecule has 54 valence electrons. The predicted octanol–water partition coefficient (Wildman–Crippen LogP) is 2.81. The molecule has 0 aromatic carbocycles. The summed E-state index contributed by atoms with van der Waals surface area (Å²) in [4.78, 5) is 0. The SMILES string of the molecule is C#C/C=C(\C=C(/C)F)CBr. The third-order valence-electron chi connectivity index (χ3n) is 0.807. The van der Waals surface area contributed by atoms with Crippen molar-refractivity contribution in [1.82, 2.24) is 0 Å². The summed E-state index contributed by atoms with van der Waals surface area (Å²) in [5.74, 6) is 2.09. The molecule has 0 aliphatic carbocycles. The highest BCUT2D eigenvalue weighted by atomic mass is 79.9. The molecule has 0 radical (unpaired) electrons. The van der Waals surface area contributed by atoms with E-state index < -0.39 is 0 Å². The minimum atomic E-state index is -0.235. The van der Waals surface area contributed by atoms with Crippen LogP contribution in [0.2, 0.25) is 0 Å². The van der Waals surface area contributed by atoms with Gasteiger partial charge in [-0.05, 0) is 24.6 Å². The van der Waals surface area contributed by atoms with E-state index >= 15 is 0 Å². The lowest BCUT2D eigenvalue weighted by Gasteiger charge is -1.90. The molecule has 0 aromatic heterocycles. The molecule has 0 bridgehead atoms. The van der Waals surface area contributed by atoms with E-state index in [2.05, 4.69) is 21.9 Å². The molecule has 0 saturated heterocycles. The van der Waals surface area contributed by atoms with Crippen LogP contribution >= 0.6 is 15.9 Å². The molecule has 10 heavy (non-hydrogen) atoms. The normalized spacial score (nSPS) is 13.0. The Morgan fingerprint density at radius 1 is 1.80 bits per heavy atom. The van der Waals surface area contributed by atoms with Crippen LogP contribution in [-0.2, 0) is 0 Å². The molecule has 0 fully saturated rings. The molecule has 0 spiro atoms. The molecule has 0 N–H and O–H groups in total. The van der Waals surface area contributed by atoms with Gasteiger partial charge in [0.1, 0.15) is 0 Å². The van der Waals surface area contributed by atoms with Crippen molar-refractivity contribution < 1.29 is 4.39 Å². The first-order chi connectivity index (χ1) is 4.70. The zero-order valence-electron chi connectivity index (χ0n) is 5.70. The van der Waals surface area contributed by atoms with Crippen LogP contribution in [0.4, 0.5) is 4.39 Å². The Balaban J connectivity index is 4.27. The number of hydrogen-bond donors (Lipinski definition) is 0. The number of halogens is 2. The van der Waals surface area contributed by atoms with Crippen molar-refractivity contribution in [1.29, 1.82) is 0 Å². The highest BCUT2D eigenvalue weighted by Crippen LogP contribution is 2.05. The maximum absolute atomic E-state index is 12.2. The summed E-state index contributed by atoms with van der Waals surface area (Å²) >= 11 is 3.17. The fourth-order valence-corrected chi connectivity index (χ4v) is 0.805. The fraction of sp³-hybridized carbons (Fsp3) is 0.250. The van der Waals surface area contributed by atoms with Crippen LogP contribution in [0.1, 0.15) is 6.92 Å². The molecule has 0 atom stereocenters. The van der Waals surface area contributed by atoms with Crippen molar-refractivity contribution in [2.75, 3.05) is 5.33 Å². The second kappa shape index (κ2) is 5.25. The summed E-state index contributed by atoms with van der Waals surface area (Å²) in [7, 11) is 0. The molecule has 0 saturated carbocycles. The zero-order valence-corrected chi connectivity index (χ0v) is 7.28. The van der Waals surface area contributed by atoms with Gasteiger partial charge in [0.15, 0.2) is 0 Å². The average Bonchev–Trinajstić information content (AvgIpc) is 1.86. The van der Waals surface area contributed by atoms with Gasteiger partial charge in [-0.3, -0.25) is 0 Å². The van der Waals surface area contributed by atoms with Crippen LogP contribution in [0.15, 0.2) is 23.6 Å². The Labute approximate surface area is 68.9 Å². The molecule has 0 aliphatic heterocycles. The van der Waals surface area contributed by atoms with E-state index in [-0.39, 0.29) is 5.83 Å². The standard InChI is InChI=1S/C8H8BrF/c1-3-4-8(6-9)5-7(2)10/h1,4-5H,6H2,2H3/b7-5+,8-4+. The Kier molecular flexibility index (Phi) is 4.96. The van der Waals surface area contributed by atoms with E-state index in [1.807, 2.05) is 0 Å². The first-order valence-corrected chi connectivity index (χ1v) is 3.87. The highest BCUT2D eigenvalue weighted by Gasteiger charge is 1.89. The van der Waals surface area contributed by atoms with Gasteiger partial charge in [0.2, 0.25) is 0 Å². The van der Waals surface area contributed by atoms with Crippen LogP contribution in [0.25, 0.3) is 0 Å². The molecule has 0 nitrogen and oxygen atoms in total. The van der Waals surface area contributed by atoms with Crippen molar-refractivity contribution in [3.8, 4) is 12.3 Å². The van der Waals surface area contributed by atoms with Gasteiger partial charge in [0.05, 0.1) is 5.83 Å². The van der Waals surface area contributed by atoms with Crippen LogP contribution in [0.5, 0.6) is 0 Å². The molecule has 2 heteroatoms. The number of terminal acetylenes is 1. The zero-order chi connectivity index (χ0) is 7.98. The fourth-order valence-electron chi connectivity index (χ4n) is 0.481. The van der Waals surface area contributed by atoms with Gasteiger partial charge < -0.3 is 0 Å². The van der Waals surface area contributed by atoms with E-state index in [0.717, 1.165) is 5.57 Å². The van der Waals surface area contributed by atoms with Crippen LogP contribution in [0.3, 0.4) is 0 Å². The summed E-state index contributed by atoms with van der Waals surface area (Å²) in [5.41, 5.74) is 0.766. The average molecular weight is 203 g/mol. The first-order valence-electron chi connectivity index (χ1n) is 2.75. The summed E-state index contributed by atoms with van der Waals surface area (Å²) in [6, 6.07) is 0. The minimum Gasteiger partial charge on any atom is -0.212 e. The number of rotatable bonds is 2. The number of alkyl halides is 1. The Bertz CT molecular complexity index is 192. The van der Waals surface area contributed by atoms with E-state index in [1.54, 1.807) is 0 Å². The lowest BCUT2D eigenvalue weighted by molar-refractivity contribution is 0.639. The number of hydrogen-bond acceptors (Lipinski definition) is 0. The first kappa shape index (κ1) is 9.45. The van der Waals surface area contributed by atoms with E-state index in [9.17, 15) is 4.39 Å². The summed E-state index contributed by atoms with van der Waals surface area (Å²) < 4.78 is 12.2. The largest absolute Gasteiger partial charge is 0.212 e. The lowest BCUT2D eigenvalue weighted by atomic mass is 10.2.